The fourth-order valence-electron chi connectivity index (χ4n) is 5.47. The van der Waals surface area contributed by atoms with Crippen LogP contribution in [0.3, 0.4) is 0 Å². The molecule has 1 aliphatic rings. The lowest BCUT2D eigenvalue weighted by Crippen LogP contribution is -2.50. The Morgan fingerprint density at radius 1 is 0.930 bits per heavy atom. The number of methoxy groups -OCH3 is 1. The van der Waals surface area contributed by atoms with Crippen molar-refractivity contribution in [3.63, 3.8) is 0 Å². The molecule has 1 N–H and O–H groups in total. The Labute approximate surface area is 257 Å². The molecule has 0 unspecified atom stereocenters. The summed E-state index contributed by atoms with van der Waals surface area (Å²) in [5.74, 6) is -0.0668. The number of carbonyl (C=O) groups excluding carboxylic acids is 2. The molecule has 3 amide bonds. The van der Waals surface area contributed by atoms with E-state index in [0.29, 0.717) is 43.5 Å². The van der Waals surface area contributed by atoms with Crippen LogP contribution >= 0.6 is 11.3 Å². The highest BCUT2D eigenvalue weighted by atomic mass is 32.1. The van der Waals surface area contributed by atoms with Gasteiger partial charge < -0.3 is 19.9 Å². The van der Waals surface area contributed by atoms with Crippen molar-refractivity contribution in [3.8, 4) is 0 Å². The number of carbonyl (C=O) groups is 2. The van der Waals surface area contributed by atoms with E-state index in [9.17, 15) is 9.59 Å². The van der Waals surface area contributed by atoms with E-state index in [2.05, 4.69) is 70.7 Å². The van der Waals surface area contributed by atoms with Gasteiger partial charge in [-0.15, -0.1) is 11.3 Å². The Morgan fingerprint density at radius 2 is 1.56 bits per heavy atom. The smallest absolute Gasteiger partial charge is 0.322 e. The van der Waals surface area contributed by atoms with Crippen LogP contribution in [0.5, 0.6) is 0 Å². The van der Waals surface area contributed by atoms with Crippen LogP contribution in [0.15, 0.2) is 90.3 Å². The van der Waals surface area contributed by atoms with Gasteiger partial charge in [0.25, 0.3) is 5.91 Å². The molecule has 5 rings (SSSR count). The van der Waals surface area contributed by atoms with Crippen molar-refractivity contribution in [2.75, 3.05) is 51.8 Å². The van der Waals surface area contributed by atoms with Crippen molar-refractivity contribution in [2.24, 2.45) is 0 Å². The first-order chi connectivity index (χ1) is 21.1. The van der Waals surface area contributed by atoms with Gasteiger partial charge in [0.1, 0.15) is 10.7 Å². The molecule has 43 heavy (non-hydrogen) atoms. The normalized spacial score (nSPS) is 13.7. The van der Waals surface area contributed by atoms with Gasteiger partial charge in [0.2, 0.25) is 0 Å². The Bertz CT molecular complexity index is 1430. The highest BCUT2D eigenvalue weighted by Gasteiger charge is 2.29. The van der Waals surface area contributed by atoms with Crippen LogP contribution in [-0.4, -0.2) is 78.1 Å². The predicted octanol–water partition coefficient (Wildman–Crippen LogP) is 5.93. The van der Waals surface area contributed by atoms with E-state index in [1.165, 1.54) is 22.5 Å². The first-order valence-corrected chi connectivity index (χ1v) is 15.7. The second-order valence-electron chi connectivity index (χ2n) is 10.5. The third kappa shape index (κ3) is 7.67. The molecular formula is C34H39N5O3S. The van der Waals surface area contributed by atoms with Crippen molar-refractivity contribution >= 4 is 29.0 Å². The van der Waals surface area contributed by atoms with Gasteiger partial charge in [0, 0.05) is 50.9 Å². The molecule has 0 bridgehead atoms. The quantitative estimate of drug-likeness (QED) is 0.232. The van der Waals surface area contributed by atoms with Crippen molar-refractivity contribution in [2.45, 2.75) is 25.9 Å². The van der Waals surface area contributed by atoms with Crippen molar-refractivity contribution in [1.82, 2.24) is 19.7 Å². The molecule has 0 radical (unpaired) electrons. The van der Waals surface area contributed by atoms with Gasteiger partial charge in [-0.25, -0.2) is 9.78 Å². The van der Waals surface area contributed by atoms with E-state index in [-0.39, 0.29) is 18.0 Å². The lowest BCUT2D eigenvalue weighted by atomic mass is 9.96. The summed E-state index contributed by atoms with van der Waals surface area (Å²) >= 11 is 1.40. The van der Waals surface area contributed by atoms with Crippen LogP contribution in [0.1, 0.15) is 45.2 Å². The summed E-state index contributed by atoms with van der Waals surface area (Å²) in [7, 11) is 1.62. The molecule has 0 spiro atoms. The minimum Gasteiger partial charge on any atom is -0.383 e. The second-order valence-corrected chi connectivity index (χ2v) is 11.5. The van der Waals surface area contributed by atoms with Gasteiger partial charge in [0.15, 0.2) is 0 Å². The van der Waals surface area contributed by atoms with E-state index >= 15 is 0 Å². The summed E-state index contributed by atoms with van der Waals surface area (Å²) in [5.41, 5.74) is 4.80. The first kappa shape index (κ1) is 30.4. The Balaban J connectivity index is 1.22. The van der Waals surface area contributed by atoms with Crippen molar-refractivity contribution < 1.29 is 14.3 Å². The SMILES string of the molecule is CCc1ccccc1NC(=O)N(CCOC)Cc1nc(C(=O)N2CCN(C(c3ccccc3)c3ccccc3)CC2)cs1. The fraction of sp³-hybridized carbons (Fsp3) is 0.324. The van der Waals surface area contributed by atoms with Crippen LogP contribution in [0.2, 0.25) is 0 Å². The number of thiazole rings is 1. The number of hydrogen-bond donors (Lipinski definition) is 1. The summed E-state index contributed by atoms with van der Waals surface area (Å²) in [6, 6.07) is 28.8. The summed E-state index contributed by atoms with van der Waals surface area (Å²) in [4.78, 5) is 37.4. The van der Waals surface area contributed by atoms with Crippen LogP contribution < -0.4 is 5.32 Å². The molecule has 3 aromatic carbocycles. The Morgan fingerprint density at radius 3 is 2.19 bits per heavy atom. The summed E-state index contributed by atoms with van der Waals surface area (Å²) < 4.78 is 5.26. The van der Waals surface area contributed by atoms with Crippen molar-refractivity contribution in [3.05, 3.63) is 118 Å². The van der Waals surface area contributed by atoms with Gasteiger partial charge in [-0.3, -0.25) is 9.69 Å². The molecule has 1 fully saturated rings. The lowest BCUT2D eigenvalue weighted by molar-refractivity contribution is 0.0592. The Hall–Kier alpha value is -4.05. The number of nitrogens with zero attached hydrogens (tertiary/aromatic N) is 4. The molecule has 1 saturated heterocycles. The van der Waals surface area contributed by atoms with Gasteiger partial charge in [0.05, 0.1) is 19.2 Å². The van der Waals surface area contributed by atoms with E-state index in [1.54, 1.807) is 17.4 Å². The van der Waals surface area contributed by atoms with Gasteiger partial charge in [-0.2, -0.15) is 0 Å². The molecule has 0 saturated carbocycles. The molecule has 1 aromatic heterocycles. The number of anilines is 1. The van der Waals surface area contributed by atoms with Crippen LogP contribution in [0, 0.1) is 0 Å². The number of nitrogens with one attached hydrogen (secondary N) is 1. The van der Waals surface area contributed by atoms with Gasteiger partial charge >= 0.3 is 6.03 Å². The maximum Gasteiger partial charge on any atom is 0.322 e. The highest BCUT2D eigenvalue weighted by Crippen LogP contribution is 2.30. The standard InChI is InChI=1S/C34H39N5O3S/c1-3-26-12-10-11-17-29(26)36-34(41)39(22-23-42-2)24-31-35-30(25-43-31)33(40)38-20-18-37(19-21-38)32(27-13-6-4-7-14-27)28-15-8-5-9-16-28/h4-17,25,32H,3,18-24H2,1-2H3,(H,36,41). The molecule has 2 heterocycles. The van der Waals surface area contributed by atoms with Gasteiger partial charge in [-0.1, -0.05) is 85.8 Å². The molecule has 0 atom stereocenters. The zero-order chi connectivity index (χ0) is 30.0. The molecule has 4 aromatic rings. The number of hydrogen-bond acceptors (Lipinski definition) is 6. The lowest BCUT2D eigenvalue weighted by Gasteiger charge is -2.39. The largest absolute Gasteiger partial charge is 0.383 e. The van der Waals surface area contributed by atoms with Crippen LogP contribution in [0.25, 0.3) is 0 Å². The maximum absolute atomic E-state index is 13.5. The fourth-order valence-corrected chi connectivity index (χ4v) is 6.26. The number of ether oxygens (including phenoxy) is 1. The van der Waals surface area contributed by atoms with E-state index in [4.69, 9.17) is 4.74 Å². The predicted molar refractivity (Wildman–Crippen MR) is 171 cm³/mol. The molecule has 1 aliphatic heterocycles. The number of amides is 3. The maximum atomic E-state index is 13.5. The third-order valence-corrected chi connectivity index (χ3v) is 8.62. The summed E-state index contributed by atoms with van der Waals surface area (Å²) in [6.45, 7) is 5.95. The van der Waals surface area contributed by atoms with Crippen LogP contribution in [-0.2, 0) is 17.7 Å². The molecule has 9 heteroatoms. The van der Waals surface area contributed by atoms with E-state index in [1.807, 2.05) is 41.3 Å². The van der Waals surface area contributed by atoms with E-state index in [0.717, 1.165) is 30.8 Å². The molecule has 8 nitrogen and oxygen atoms in total. The number of piperazine rings is 1. The number of urea groups is 1. The third-order valence-electron chi connectivity index (χ3n) is 7.79. The minimum absolute atomic E-state index is 0.0668. The average Bonchev–Trinajstić information content (AvgIpc) is 3.53. The minimum atomic E-state index is -0.219. The summed E-state index contributed by atoms with van der Waals surface area (Å²) in [6.07, 6.45) is 0.819. The monoisotopic (exact) mass is 597 g/mol. The second kappa shape index (κ2) is 14.9. The number of aromatic nitrogens is 1. The number of benzene rings is 3. The number of aryl methyl sites for hydroxylation is 1. The average molecular weight is 598 g/mol. The molecule has 224 valence electrons. The highest BCUT2D eigenvalue weighted by molar-refractivity contribution is 7.09. The number of para-hydroxylation sites is 1. The number of rotatable bonds is 11. The Kier molecular flexibility index (Phi) is 10.5. The zero-order valence-corrected chi connectivity index (χ0v) is 25.6. The van der Waals surface area contributed by atoms with E-state index < -0.39 is 0 Å². The molecule has 0 aliphatic carbocycles. The summed E-state index contributed by atoms with van der Waals surface area (Å²) in [5, 5.41) is 5.56. The first-order valence-electron chi connectivity index (χ1n) is 14.8. The molecular weight excluding hydrogens is 558 g/mol. The van der Waals surface area contributed by atoms with Crippen LogP contribution in [0.4, 0.5) is 10.5 Å². The zero-order valence-electron chi connectivity index (χ0n) is 24.8. The topological polar surface area (TPSA) is 78.0 Å². The van der Waals surface area contributed by atoms with Gasteiger partial charge in [-0.05, 0) is 29.2 Å². The van der Waals surface area contributed by atoms with Crippen molar-refractivity contribution in [1.29, 1.82) is 0 Å².